The number of amides is 1. The molecule has 2 rings (SSSR count). The maximum atomic E-state index is 11.9. The molecule has 0 saturated carbocycles. The van der Waals surface area contributed by atoms with E-state index in [0.29, 0.717) is 12.5 Å². The Morgan fingerprint density at radius 1 is 1.56 bits per heavy atom. The molecule has 1 saturated heterocycles. The van der Waals surface area contributed by atoms with Crippen LogP contribution in [0.1, 0.15) is 18.9 Å². The molecular weight excluding hydrogens is 226 g/mol. The van der Waals surface area contributed by atoms with E-state index in [1.54, 1.807) is 6.07 Å². The Morgan fingerprint density at radius 3 is 2.94 bits per heavy atom. The van der Waals surface area contributed by atoms with Crippen molar-refractivity contribution in [2.24, 2.45) is 5.92 Å². The Kier molecular flexibility index (Phi) is 3.87. The van der Waals surface area contributed by atoms with Crippen LogP contribution in [0.3, 0.4) is 0 Å². The van der Waals surface area contributed by atoms with Gasteiger partial charge in [0.2, 0.25) is 5.91 Å². The van der Waals surface area contributed by atoms with E-state index >= 15 is 0 Å². The van der Waals surface area contributed by atoms with Gasteiger partial charge in [-0.05, 0) is 49.6 Å². The fraction of sp³-hybridized carbons (Fsp3) is 0.500. The number of hydrogen-bond acceptors (Lipinski definition) is 3. The zero-order valence-electron chi connectivity index (χ0n) is 11.1. The number of rotatable bonds is 3. The molecule has 1 unspecified atom stereocenters. The van der Waals surface area contributed by atoms with Crippen LogP contribution in [0, 0.1) is 12.8 Å². The van der Waals surface area contributed by atoms with E-state index in [1.807, 2.05) is 19.1 Å². The predicted octanol–water partition coefficient (Wildman–Crippen LogP) is 1.86. The molecule has 3 N–H and O–H groups in total. The topological polar surface area (TPSA) is 58.4 Å². The Balaban J connectivity index is 1.91. The van der Waals surface area contributed by atoms with Crippen LogP contribution in [0.25, 0.3) is 0 Å². The van der Waals surface area contributed by atoms with Crippen LogP contribution in [0.5, 0.6) is 0 Å². The highest BCUT2D eigenvalue weighted by Gasteiger charge is 2.20. The number of aryl methyl sites for hydroxylation is 1. The molecule has 0 bridgehead atoms. The fourth-order valence-corrected chi connectivity index (χ4v) is 2.39. The number of nitrogen functional groups attached to an aromatic ring is 1. The van der Waals surface area contributed by atoms with E-state index in [-0.39, 0.29) is 5.91 Å². The maximum Gasteiger partial charge on any atom is 0.238 e. The van der Waals surface area contributed by atoms with E-state index in [1.165, 1.54) is 6.42 Å². The molecule has 4 nitrogen and oxygen atoms in total. The van der Waals surface area contributed by atoms with Crippen molar-refractivity contribution in [2.75, 3.05) is 30.7 Å². The molecule has 0 radical (unpaired) electrons. The van der Waals surface area contributed by atoms with E-state index < -0.39 is 0 Å². The predicted molar refractivity (Wildman–Crippen MR) is 74.4 cm³/mol. The van der Waals surface area contributed by atoms with Crippen molar-refractivity contribution >= 4 is 17.3 Å². The minimum absolute atomic E-state index is 0.0528. The lowest BCUT2D eigenvalue weighted by Crippen LogP contribution is -2.31. The molecule has 4 heteroatoms. The number of nitrogens with two attached hydrogens (primary N) is 1. The summed E-state index contributed by atoms with van der Waals surface area (Å²) in [6.45, 7) is 6.70. The van der Waals surface area contributed by atoms with Crippen molar-refractivity contribution < 1.29 is 4.79 Å². The van der Waals surface area contributed by atoms with Crippen LogP contribution in [0.2, 0.25) is 0 Å². The summed E-state index contributed by atoms with van der Waals surface area (Å²) in [6.07, 6.45) is 1.19. The lowest BCUT2D eigenvalue weighted by atomic mass is 10.2. The van der Waals surface area contributed by atoms with Gasteiger partial charge in [-0.2, -0.15) is 0 Å². The summed E-state index contributed by atoms with van der Waals surface area (Å²) in [5.41, 5.74) is 8.25. The first-order valence-corrected chi connectivity index (χ1v) is 6.43. The van der Waals surface area contributed by atoms with Gasteiger partial charge in [0.25, 0.3) is 0 Å². The standard InChI is InChI=1S/C14H21N3O/c1-10-5-6-17(8-10)9-14(18)16-13-4-3-12(15)7-11(13)2/h3-4,7,10H,5-6,8-9,15H2,1-2H3,(H,16,18). The minimum atomic E-state index is 0.0528. The molecule has 98 valence electrons. The summed E-state index contributed by atoms with van der Waals surface area (Å²) >= 11 is 0. The summed E-state index contributed by atoms with van der Waals surface area (Å²) < 4.78 is 0. The Hall–Kier alpha value is -1.55. The molecule has 0 spiro atoms. The highest BCUT2D eigenvalue weighted by molar-refractivity contribution is 5.93. The zero-order chi connectivity index (χ0) is 13.1. The van der Waals surface area contributed by atoms with Crippen molar-refractivity contribution in [1.29, 1.82) is 0 Å². The SMILES string of the molecule is Cc1cc(N)ccc1NC(=O)CN1CCC(C)C1. The van der Waals surface area contributed by atoms with Gasteiger partial charge in [0, 0.05) is 17.9 Å². The van der Waals surface area contributed by atoms with Gasteiger partial charge in [0.15, 0.2) is 0 Å². The molecule has 0 aliphatic carbocycles. The fourth-order valence-electron chi connectivity index (χ4n) is 2.39. The molecular formula is C14H21N3O. The molecule has 1 atom stereocenters. The minimum Gasteiger partial charge on any atom is -0.399 e. The first kappa shape index (κ1) is 12.9. The second kappa shape index (κ2) is 5.40. The molecule has 1 aromatic rings. The highest BCUT2D eigenvalue weighted by atomic mass is 16.2. The van der Waals surface area contributed by atoms with Crippen LogP contribution in [0.4, 0.5) is 11.4 Å². The molecule has 1 heterocycles. The smallest absolute Gasteiger partial charge is 0.238 e. The van der Waals surface area contributed by atoms with Gasteiger partial charge in [-0.15, -0.1) is 0 Å². The van der Waals surface area contributed by atoms with Crippen LogP contribution < -0.4 is 11.1 Å². The highest BCUT2D eigenvalue weighted by Crippen LogP contribution is 2.18. The number of anilines is 2. The summed E-state index contributed by atoms with van der Waals surface area (Å²) in [4.78, 5) is 14.1. The van der Waals surface area contributed by atoms with Crippen molar-refractivity contribution in [3.63, 3.8) is 0 Å². The van der Waals surface area contributed by atoms with E-state index in [0.717, 1.165) is 30.0 Å². The molecule has 1 aliphatic heterocycles. The molecule has 0 aromatic heterocycles. The van der Waals surface area contributed by atoms with Crippen molar-refractivity contribution in [1.82, 2.24) is 4.90 Å². The number of carbonyl (C=O) groups is 1. The summed E-state index contributed by atoms with van der Waals surface area (Å²) in [5, 5.41) is 2.94. The van der Waals surface area contributed by atoms with Gasteiger partial charge in [0.05, 0.1) is 6.54 Å². The number of likely N-dealkylation sites (tertiary alicyclic amines) is 1. The van der Waals surface area contributed by atoms with E-state index in [9.17, 15) is 4.79 Å². The third-order valence-electron chi connectivity index (χ3n) is 3.40. The zero-order valence-corrected chi connectivity index (χ0v) is 11.1. The largest absolute Gasteiger partial charge is 0.399 e. The van der Waals surface area contributed by atoms with Crippen LogP contribution >= 0.6 is 0 Å². The molecule has 1 aromatic carbocycles. The lowest BCUT2D eigenvalue weighted by molar-refractivity contribution is -0.117. The summed E-state index contributed by atoms with van der Waals surface area (Å²) in [7, 11) is 0. The second-order valence-corrected chi connectivity index (χ2v) is 5.25. The first-order chi connectivity index (χ1) is 8.54. The summed E-state index contributed by atoms with van der Waals surface area (Å²) in [6, 6.07) is 5.53. The number of nitrogens with one attached hydrogen (secondary N) is 1. The second-order valence-electron chi connectivity index (χ2n) is 5.25. The number of carbonyl (C=O) groups excluding carboxylic acids is 1. The van der Waals surface area contributed by atoms with Crippen LogP contribution in [0.15, 0.2) is 18.2 Å². The van der Waals surface area contributed by atoms with Crippen molar-refractivity contribution in [2.45, 2.75) is 20.3 Å². The lowest BCUT2D eigenvalue weighted by Gasteiger charge is -2.15. The normalized spacial score (nSPS) is 20.0. The van der Waals surface area contributed by atoms with Gasteiger partial charge in [-0.3, -0.25) is 9.69 Å². The van der Waals surface area contributed by atoms with Crippen LogP contribution in [-0.4, -0.2) is 30.4 Å². The maximum absolute atomic E-state index is 11.9. The average Bonchev–Trinajstić information content (AvgIpc) is 2.68. The average molecular weight is 247 g/mol. The Bertz CT molecular complexity index is 445. The van der Waals surface area contributed by atoms with Gasteiger partial charge in [0.1, 0.15) is 0 Å². The van der Waals surface area contributed by atoms with Crippen LogP contribution in [-0.2, 0) is 4.79 Å². The van der Waals surface area contributed by atoms with Crippen molar-refractivity contribution in [3.8, 4) is 0 Å². The van der Waals surface area contributed by atoms with E-state index in [2.05, 4.69) is 17.1 Å². The first-order valence-electron chi connectivity index (χ1n) is 6.43. The number of hydrogen-bond donors (Lipinski definition) is 2. The number of nitrogens with zero attached hydrogens (tertiary/aromatic N) is 1. The monoisotopic (exact) mass is 247 g/mol. The molecule has 1 aliphatic rings. The van der Waals surface area contributed by atoms with Gasteiger partial charge < -0.3 is 11.1 Å². The quantitative estimate of drug-likeness (QED) is 0.801. The number of benzene rings is 1. The van der Waals surface area contributed by atoms with E-state index in [4.69, 9.17) is 5.73 Å². The third-order valence-corrected chi connectivity index (χ3v) is 3.40. The van der Waals surface area contributed by atoms with Gasteiger partial charge in [-0.25, -0.2) is 0 Å². The van der Waals surface area contributed by atoms with Gasteiger partial charge in [-0.1, -0.05) is 6.92 Å². The Labute approximate surface area is 108 Å². The van der Waals surface area contributed by atoms with Gasteiger partial charge >= 0.3 is 0 Å². The van der Waals surface area contributed by atoms with Crippen molar-refractivity contribution in [3.05, 3.63) is 23.8 Å². The molecule has 18 heavy (non-hydrogen) atoms. The molecule has 1 fully saturated rings. The Morgan fingerprint density at radius 2 is 2.33 bits per heavy atom. The molecule has 1 amide bonds. The third kappa shape index (κ3) is 3.23. The summed E-state index contributed by atoms with van der Waals surface area (Å²) in [5.74, 6) is 0.757.